The summed E-state index contributed by atoms with van der Waals surface area (Å²) in [5.74, 6) is 5.39. The Hall–Kier alpha value is -2.76. The fourth-order valence-corrected chi connectivity index (χ4v) is 1.98. The van der Waals surface area contributed by atoms with E-state index in [9.17, 15) is 4.79 Å². The van der Waals surface area contributed by atoms with E-state index in [4.69, 9.17) is 21.8 Å². The highest BCUT2D eigenvalue weighted by molar-refractivity contribution is 5.98. The predicted octanol–water partition coefficient (Wildman–Crippen LogP) is -2.36. The van der Waals surface area contributed by atoms with Crippen LogP contribution in [0.2, 0.25) is 0 Å². The van der Waals surface area contributed by atoms with Crippen molar-refractivity contribution in [1.82, 2.24) is 25.4 Å². The van der Waals surface area contributed by atoms with Gasteiger partial charge >= 0.3 is 0 Å². The molecule has 23 heavy (non-hydrogen) atoms. The van der Waals surface area contributed by atoms with Crippen molar-refractivity contribution >= 4 is 17.5 Å². The third-order valence-electron chi connectivity index (χ3n) is 3.10. The van der Waals surface area contributed by atoms with Gasteiger partial charge in [0.2, 0.25) is 0 Å². The van der Waals surface area contributed by atoms with Gasteiger partial charge in [0.05, 0.1) is 19.4 Å². The van der Waals surface area contributed by atoms with Gasteiger partial charge in [0.15, 0.2) is 11.6 Å². The lowest BCUT2D eigenvalue weighted by Crippen LogP contribution is -2.30. The summed E-state index contributed by atoms with van der Waals surface area (Å²) in [7, 11) is 0. The zero-order chi connectivity index (χ0) is 16.8. The van der Waals surface area contributed by atoms with E-state index in [-0.39, 0.29) is 24.6 Å². The highest BCUT2D eigenvalue weighted by atomic mass is 16.3. The van der Waals surface area contributed by atoms with Gasteiger partial charge in [0.25, 0.3) is 5.91 Å². The molecule has 7 N–H and O–H groups in total. The number of anilines is 2. The van der Waals surface area contributed by atoms with Gasteiger partial charge in [-0.15, -0.1) is 10.2 Å². The lowest BCUT2D eigenvalue weighted by atomic mass is 10.3. The van der Waals surface area contributed by atoms with Gasteiger partial charge < -0.3 is 20.8 Å². The normalized spacial score (nSPS) is 10.6. The van der Waals surface area contributed by atoms with Gasteiger partial charge in [-0.05, 0) is 12.1 Å². The summed E-state index contributed by atoms with van der Waals surface area (Å²) in [4.78, 5) is 13.2. The summed E-state index contributed by atoms with van der Waals surface area (Å²) in [5, 5.41) is 30.0. The average molecular weight is 322 g/mol. The average Bonchev–Trinajstić information content (AvgIpc) is 2.96. The van der Waals surface area contributed by atoms with E-state index >= 15 is 0 Å². The standard InChI is InChI=1S/C12H18N8O3/c13-11-8(12(23)16-14)7-15-20(11)10-2-1-9(17-18-10)19(3-5-21)4-6-22/h1-2,7,21-22H,3-6,13-14H2,(H,16,23). The smallest absolute Gasteiger partial charge is 0.270 e. The van der Waals surface area contributed by atoms with Crippen LogP contribution in [0.5, 0.6) is 0 Å². The van der Waals surface area contributed by atoms with Gasteiger partial charge in [0.1, 0.15) is 11.4 Å². The van der Waals surface area contributed by atoms with Crippen molar-refractivity contribution < 1.29 is 15.0 Å². The first-order valence-electron chi connectivity index (χ1n) is 6.77. The van der Waals surface area contributed by atoms with Crippen LogP contribution in [0.25, 0.3) is 5.82 Å². The summed E-state index contributed by atoms with van der Waals surface area (Å²) >= 11 is 0. The number of carbonyl (C=O) groups excluding carboxylic acids is 1. The lowest BCUT2D eigenvalue weighted by Gasteiger charge is -2.20. The van der Waals surface area contributed by atoms with Gasteiger partial charge in [-0.2, -0.15) is 9.78 Å². The van der Waals surface area contributed by atoms with Crippen LogP contribution in [0.4, 0.5) is 11.6 Å². The first kappa shape index (κ1) is 16.6. The van der Waals surface area contributed by atoms with Crippen LogP contribution >= 0.6 is 0 Å². The second-order valence-electron chi connectivity index (χ2n) is 4.51. The molecular weight excluding hydrogens is 304 g/mol. The molecule has 11 nitrogen and oxygen atoms in total. The molecule has 0 atom stereocenters. The fraction of sp³-hybridized carbons (Fsp3) is 0.333. The molecule has 0 bridgehead atoms. The number of rotatable bonds is 7. The van der Waals surface area contributed by atoms with Crippen molar-refractivity contribution in [2.75, 3.05) is 36.9 Å². The Morgan fingerprint density at radius 3 is 2.48 bits per heavy atom. The summed E-state index contributed by atoms with van der Waals surface area (Å²) < 4.78 is 1.25. The van der Waals surface area contributed by atoms with E-state index < -0.39 is 5.91 Å². The topological polar surface area (TPSA) is 168 Å². The Bertz CT molecular complexity index is 651. The molecule has 0 fully saturated rings. The SMILES string of the molecule is NNC(=O)c1cnn(-c2ccc(N(CCO)CCO)nn2)c1N. The minimum absolute atomic E-state index is 0.0763. The second-order valence-corrected chi connectivity index (χ2v) is 4.51. The largest absolute Gasteiger partial charge is 0.395 e. The number of hydrogen-bond acceptors (Lipinski definition) is 9. The van der Waals surface area contributed by atoms with Gasteiger partial charge in [-0.1, -0.05) is 0 Å². The number of nitrogens with two attached hydrogens (primary N) is 2. The molecule has 1 amide bonds. The molecule has 0 saturated carbocycles. The van der Waals surface area contributed by atoms with Crippen molar-refractivity contribution in [2.24, 2.45) is 5.84 Å². The van der Waals surface area contributed by atoms with Crippen LogP contribution in [-0.2, 0) is 0 Å². The fourth-order valence-electron chi connectivity index (χ4n) is 1.98. The maximum atomic E-state index is 11.5. The summed E-state index contributed by atoms with van der Waals surface area (Å²) in [6.45, 7) is 0.485. The molecule has 11 heteroatoms. The van der Waals surface area contributed by atoms with E-state index in [2.05, 4.69) is 15.3 Å². The Kier molecular flexibility index (Phi) is 5.41. The van der Waals surface area contributed by atoms with E-state index in [1.54, 1.807) is 17.0 Å². The Morgan fingerprint density at radius 2 is 1.96 bits per heavy atom. The molecule has 0 aliphatic heterocycles. The van der Waals surface area contributed by atoms with E-state index in [1.807, 2.05) is 5.43 Å². The minimum atomic E-state index is -0.560. The number of aromatic nitrogens is 4. The first-order valence-corrected chi connectivity index (χ1v) is 6.77. The van der Waals surface area contributed by atoms with E-state index in [0.717, 1.165) is 0 Å². The number of nitrogens with one attached hydrogen (secondary N) is 1. The molecule has 0 aliphatic carbocycles. The van der Waals surface area contributed by atoms with Crippen LogP contribution in [0.15, 0.2) is 18.3 Å². The molecule has 0 aliphatic rings. The number of hydrogen-bond donors (Lipinski definition) is 5. The van der Waals surface area contributed by atoms with Crippen molar-refractivity contribution in [2.45, 2.75) is 0 Å². The summed E-state index contributed by atoms with van der Waals surface area (Å²) in [6.07, 6.45) is 1.27. The number of amides is 1. The lowest BCUT2D eigenvalue weighted by molar-refractivity contribution is 0.0954. The predicted molar refractivity (Wildman–Crippen MR) is 81.6 cm³/mol. The number of aliphatic hydroxyl groups excluding tert-OH is 2. The molecule has 0 radical (unpaired) electrons. The third-order valence-corrected chi connectivity index (χ3v) is 3.10. The summed E-state index contributed by atoms with van der Waals surface area (Å²) in [6, 6.07) is 3.26. The zero-order valence-electron chi connectivity index (χ0n) is 12.3. The van der Waals surface area contributed by atoms with Crippen LogP contribution in [-0.4, -0.2) is 62.4 Å². The molecule has 2 rings (SSSR count). The molecule has 2 aromatic rings. The van der Waals surface area contributed by atoms with E-state index in [1.165, 1.54) is 10.9 Å². The second kappa shape index (κ2) is 7.49. The van der Waals surface area contributed by atoms with Crippen LogP contribution in [0.1, 0.15) is 10.4 Å². The third kappa shape index (κ3) is 3.53. The Morgan fingerprint density at radius 1 is 1.26 bits per heavy atom. The quantitative estimate of drug-likeness (QED) is 0.212. The number of nitrogens with zero attached hydrogens (tertiary/aromatic N) is 5. The van der Waals surface area contributed by atoms with E-state index in [0.29, 0.717) is 24.7 Å². The van der Waals surface area contributed by atoms with Crippen LogP contribution < -0.4 is 21.9 Å². The van der Waals surface area contributed by atoms with Crippen LogP contribution in [0.3, 0.4) is 0 Å². The van der Waals surface area contributed by atoms with Crippen molar-refractivity contribution in [1.29, 1.82) is 0 Å². The monoisotopic (exact) mass is 322 g/mol. The van der Waals surface area contributed by atoms with Crippen molar-refractivity contribution in [3.05, 3.63) is 23.9 Å². The number of nitrogen functional groups attached to an aromatic ring is 2. The maximum Gasteiger partial charge on any atom is 0.270 e. The molecule has 0 aromatic carbocycles. The van der Waals surface area contributed by atoms with Crippen molar-refractivity contribution in [3.63, 3.8) is 0 Å². The number of carbonyl (C=O) groups is 1. The number of hydrazine groups is 1. The van der Waals surface area contributed by atoms with Crippen molar-refractivity contribution in [3.8, 4) is 5.82 Å². The Balaban J connectivity index is 2.26. The summed E-state index contributed by atoms with van der Waals surface area (Å²) in [5.41, 5.74) is 7.95. The minimum Gasteiger partial charge on any atom is -0.395 e. The van der Waals surface area contributed by atoms with Gasteiger partial charge in [-0.25, -0.2) is 5.84 Å². The van der Waals surface area contributed by atoms with Gasteiger partial charge in [0, 0.05) is 13.1 Å². The molecule has 0 saturated heterocycles. The molecule has 2 heterocycles. The van der Waals surface area contributed by atoms with Crippen LogP contribution in [0, 0.1) is 0 Å². The Labute approximate surface area is 131 Å². The van der Waals surface area contributed by atoms with Gasteiger partial charge in [-0.3, -0.25) is 10.2 Å². The highest BCUT2D eigenvalue weighted by Crippen LogP contribution is 2.16. The number of aliphatic hydroxyl groups is 2. The molecule has 2 aromatic heterocycles. The highest BCUT2D eigenvalue weighted by Gasteiger charge is 2.16. The first-order chi connectivity index (χ1) is 11.1. The molecule has 0 unspecified atom stereocenters. The molecular formula is C12H18N8O3. The molecule has 0 spiro atoms. The molecule has 124 valence electrons. The zero-order valence-corrected chi connectivity index (χ0v) is 12.3. The maximum absolute atomic E-state index is 11.5.